The molecule has 0 bridgehead atoms. The highest BCUT2D eigenvalue weighted by Gasteiger charge is 2.34. The molecular weight excluding hydrogens is 396 g/mol. The van der Waals surface area contributed by atoms with Crippen LogP contribution in [0.2, 0.25) is 5.02 Å². The van der Waals surface area contributed by atoms with Crippen LogP contribution in [0.1, 0.15) is 37.9 Å². The Morgan fingerprint density at radius 1 is 1.41 bits per heavy atom. The molecule has 0 radical (unpaired) electrons. The van der Waals surface area contributed by atoms with E-state index < -0.39 is 5.91 Å². The van der Waals surface area contributed by atoms with E-state index in [0.29, 0.717) is 54.8 Å². The van der Waals surface area contributed by atoms with Gasteiger partial charge in [0.2, 0.25) is 17.7 Å². The molecule has 0 unspecified atom stereocenters. The van der Waals surface area contributed by atoms with Gasteiger partial charge in [0.15, 0.2) is 5.82 Å². The lowest BCUT2D eigenvalue weighted by Gasteiger charge is -2.38. The molecule has 1 aromatic carbocycles. The lowest BCUT2D eigenvalue weighted by atomic mass is 9.91. The minimum absolute atomic E-state index is 0.0167. The van der Waals surface area contributed by atoms with E-state index in [2.05, 4.69) is 10.1 Å². The van der Waals surface area contributed by atoms with Crippen molar-refractivity contribution in [2.45, 2.75) is 45.1 Å². The number of hydrogen-bond acceptors (Lipinski definition) is 6. The van der Waals surface area contributed by atoms with Crippen molar-refractivity contribution >= 4 is 23.4 Å². The molecule has 0 saturated carbocycles. The number of hydrogen-bond donors (Lipinski definition) is 1. The van der Waals surface area contributed by atoms with Crippen molar-refractivity contribution in [2.24, 2.45) is 11.7 Å². The van der Waals surface area contributed by atoms with Crippen molar-refractivity contribution in [3.63, 3.8) is 0 Å². The molecule has 2 atom stereocenters. The maximum Gasteiger partial charge on any atom is 0.227 e. The summed E-state index contributed by atoms with van der Waals surface area (Å²) in [6, 6.07) is 7.12. The molecule has 2 N–H and O–H groups in total. The van der Waals surface area contributed by atoms with E-state index in [1.807, 2.05) is 13.0 Å². The first-order valence-corrected chi connectivity index (χ1v) is 10.1. The third-order valence-corrected chi connectivity index (χ3v) is 5.18. The Labute approximate surface area is 174 Å². The van der Waals surface area contributed by atoms with Crippen molar-refractivity contribution in [3.8, 4) is 5.75 Å². The van der Waals surface area contributed by atoms with Crippen molar-refractivity contribution < 1.29 is 18.8 Å². The highest BCUT2D eigenvalue weighted by molar-refractivity contribution is 6.30. The van der Waals surface area contributed by atoms with E-state index in [-0.39, 0.29) is 30.8 Å². The molecule has 8 nitrogen and oxygen atoms in total. The van der Waals surface area contributed by atoms with Crippen LogP contribution < -0.4 is 10.5 Å². The summed E-state index contributed by atoms with van der Waals surface area (Å²) >= 11 is 6.02. The maximum absolute atomic E-state index is 12.7. The first-order valence-electron chi connectivity index (χ1n) is 9.74. The second-order valence-corrected chi connectivity index (χ2v) is 7.57. The lowest BCUT2D eigenvalue weighted by molar-refractivity contribution is -0.136. The molecule has 156 valence electrons. The number of piperidine rings is 1. The van der Waals surface area contributed by atoms with Gasteiger partial charge in [0.1, 0.15) is 11.9 Å². The Kier molecular flexibility index (Phi) is 7.09. The molecule has 0 aliphatic carbocycles. The largest absolute Gasteiger partial charge is 0.490 e. The molecule has 0 spiro atoms. The van der Waals surface area contributed by atoms with Crippen LogP contribution in [-0.4, -0.2) is 46.0 Å². The predicted molar refractivity (Wildman–Crippen MR) is 106 cm³/mol. The second-order valence-electron chi connectivity index (χ2n) is 7.13. The fraction of sp³-hybridized carbons (Fsp3) is 0.500. The minimum atomic E-state index is -0.415. The number of carbonyl (C=O) groups is 2. The zero-order valence-corrected chi connectivity index (χ0v) is 17.1. The molecular formula is C20H25ClN4O4. The number of nitrogens with zero attached hydrogens (tertiary/aromatic N) is 3. The average Bonchev–Trinajstić information content (AvgIpc) is 3.15. The maximum atomic E-state index is 12.7. The molecule has 1 aliphatic rings. The van der Waals surface area contributed by atoms with Gasteiger partial charge in [-0.15, -0.1) is 0 Å². The number of aromatic nitrogens is 2. The number of halogens is 1. The molecule has 29 heavy (non-hydrogen) atoms. The van der Waals surface area contributed by atoms with E-state index in [1.54, 1.807) is 23.1 Å². The minimum Gasteiger partial charge on any atom is -0.490 e. The van der Waals surface area contributed by atoms with Crippen LogP contribution in [0.5, 0.6) is 5.75 Å². The van der Waals surface area contributed by atoms with E-state index in [1.165, 1.54) is 0 Å². The normalized spacial score (nSPS) is 19.2. The summed E-state index contributed by atoms with van der Waals surface area (Å²) in [7, 11) is 0. The van der Waals surface area contributed by atoms with Crippen LogP contribution in [0, 0.1) is 5.92 Å². The summed E-state index contributed by atoms with van der Waals surface area (Å²) < 4.78 is 11.2. The van der Waals surface area contributed by atoms with E-state index in [9.17, 15) is 9.59 Å². The van der Waals surface area contributed by atoms with Crippen molar-refractivity contribution in [2.75, 3.05) is 13.1 Å². The summed E-state index contributed by atoms with van der Waals surface area (Å²) in [6.07, 6.45) is 1.90. The summed E-state index contributed by atoms with van der Waals surface area (Å²) in [5, 5.41) is 4.42. The van der Waals surface area contributed by atoms with Gasteiger partial charge < -0.3 is 19.9 Å². The molecule has 1 saturated heterocycles. The Hall–Kier alpha value is -2.61. The van der Waals surface area contributed by atoms with Gasteiger partial charge in [-0.25, -0.2) is 0 Å². The molecule has 1 fully saturated rings. The summed E-state index contributed by atoms with van der Waals surface area (Å²) in [6.45, 7) is 2.90. The fourth-order valence-electron chi connectivity index (χ4n) is 3.47. The zero-order chi connectivity index (χ0) is 20.8. The number of likely N-dealkylation sites (tertiary alicyclic amines) is 1. The van der Waals surface area contributed by atoms with E-state index in [0.717, 1.165) is 0 Å². The van der Waals surface area contributed by atoms with Crippen LogP contribution in [0.3, 0.4) is 0 Å². The molecule has 2 aromatic rings. The van der Waals surface area contributed by atoms with Gasteiger partial charge in [0.05, 0.1) is 0 Å². The van der Waals surface area contributed by atoms with E-state index in [4.69, 9.17) is 26.6 Å². The van der Waals surface area contributed by atoms with Crippen molar-refractivity contribution in [1.82, 2.24) is 15.0 Å². The highest BCUT2D eigenvalue weighted by atomic mass is 35.5. The Bertz CT molecular complexity index is 857. The third kappa shape index (κ3) is 5.93. The molecule has 9 heteroatoms. The highest BCUT2D eigenvalue weighted by Crippen LogP contribution is 2.27. The standard InChI is InChI=1S/C20H25ClN4O4/c1-2-18-23-19(29-24-18)6-7-20(27)25-9-8-16(13(12-25)10-17(22)26)28-15-5-3-4-14(21)11-15/h3-5,11,13,16H,2,6-10,12H2,1H3,(H2,22,26)/t13-,16-/m0/s1. The second kappa shape index (κ2) is 9.73. The predicted octanol–water partition coefficient (Wildman–Crippen LogP) is 2.39. The van der Waals surface area contributed by atoms with Gasteiger partial charge in [-0.05, 0) is 18.2 Å². The van der Waals surface area contributed by atoms with Gasteiger partial charge in [0, 0.05) is 56.1 Å². The topological polar surface area (TPSA) is 112 Å². The first-order chi connectivity index (χ1) is 13.9. The monoisotopic (exact) mass is 420 g/mol. The fourth-order valence-corrected chi connectivity index (χ4v) is 3.65. The molecule has 1 aliphatic heterocycles. The number of benzene rings is 1. The first kappa shape index (κ1) is 21.1. The Morgan fingerprint density at radius 3 is 2.93 bits per heavy atom. The Morgan fingerprint density at radius 2 is 2.24 bits per heavy atom. The number of carbonyl (C=O) groups excluding carboxylic acids is 2. The van der Waals surface area contributed by atoms with Crippen LogP contribution in [-0.2, 0) is 22.4 Å². The van der Waals surface area contributed by atoms with Crippen LogP contribution in [0.15, 0.2) is 28.8 Å². The molecule has 2 amide bonds. The van der Waals surface area contributed by atoms with Gasteiger partial charge in [-0.2, -0.15) is 4.98 Å². The van der Waals surface area contributed by atoms with Gasteiger partial charge in [-0.1, -0.05) is 29.7 Å². The van der Waals surface area contributed by atoms with E-state index >= 15 is 0 Å². The Balaban J connectivity index is 1.59. The summed E-state index contributed by atoms with van der Waals surface area (Å²) in [4.78, 5) is 30.2. The number of ether oxygens (including phenoxy) is 1. The van der Waals surface area contributed by atoms with Gasteiger partial charge in [-0.3, -0.25) is 9.59 Å². The number of primary amides is 1. The summed E-state index contributed by atoms with van der Waals surface area (Å²) in [5.74, 6) is 1.12. The van der Waals surface area contributed by atoms with Gasteiger partial charge in [0.25, 0.3) is 0 Å². The van der Waals surface area contributed by atoms with Crippen LogP contribution >= 0.6 is 11.6 Å². The summed E-state index contributed by atoms with van der Waals surface area (Å²) in [5.41, 5.74) is 5.43. The number of rotatable bonds is 8. The number of amides is 2. The lowest BCUT2D eigenvalue weighted by Crippen LogP contribution is -2.49. The third-order valence-electron chi connectivity index (χ3n) is 4.94. The van der Waals surface area contributed by atoms with Crippen LogP contribution in [0.4, 0.5) is 0 Å². The SMILES string of the molecule is CCc1noc(CCC(=O)N2CC[C@H](Oc3cccc(Cl)c3)[C@@H](CC(N)=O)C2)n1. The van der Waals surface area contributed by atoms with Crippen LogP contribution in [0.25, 0.3) is 0 Å². The molecule has 3 rings (SSSR count). The number of nitrogens with two attached hydrogens (primary N) is 1. The number of aryl methyl sites for hydroxylation is 2. The average molecular weight is 421 g/mol. The van der Waals surface area contributed by atoms with Crippen molar-refractivity contribution in [3.05, 3.63) is 41.0 Å². The smallest absolute Gasteiger partial charge is 0.227 e. The van der Waals surface area contributed by atoms with Gasteiger partial charge >= 0.3 is 0 Å². The zero-order valence-electron chi connectivity index (χ0n) is 16.3. The molecule has 1 aromatic heterocycles. The molecule has 2 heterocycles. The van der Waals surface area contributed by atoms with Crippen molar-refractivity contribution in [1.29, 1.82) is 0 Å². The quantitative estimate of drug-likeness (QED) is 0.701.